The second kappa shape index (κ2) is 9.54. The molecule has 0 aliphatic rings. The van der Waals surface area contributed by atoms with Crippen molar-refractivity contribution in [2.75, 3.05) is 5.75 Å². The number of hydrogen-bond acceptors (Lipinski definition) is 4. The third kappa shape index (κ3) is 5.62. The number of sulfone groups is 1. The fraction of sp³-hybridized carbons (Fsp3) is 0.231. The van der Waals surface area contributed by atoms with Gasteiger partial charge in [0.1, 0.15) is 11.5 Å². The van der Waals surface area contributed by atoms with Gasteiger partial charge in [0.05, 0.1) is 10.5 Å². The second-order valence-corrected chi connectivity index (χ2v) is 10.2. The normalized spacial score (nSPS) is 11.9. The smallest absolute Gasteiger partial charge is 0.299 e. The number of carbonyl (C=O) groups is 2. The van der Waals surface area contributed by atoms with Gasteiger partial charge < -0.3 is 0 Å². The van der Waals surface area contributed by atoms with E-state index >= 15 is 0 Å². The molecule has 0 aliphatic heterocycles. The maximum atomic E-state index is 13.4. The molecule has 178 valence electrons. The summed E-state index contributed by atoms with van der Waals surface area (Å²) in [7, 11) is -3.75. The molecule has 0 saturated carbocycles. The quantitative estimate of drug-likeness (QED) is 0.396. The van der Waals surface area contributed by atoms with Gasteiger partial charge in [0.25, 0.3) is 0 Å². The van der Waals surface area contributed by atoms with Crippen LogP contribution in [0.5, 0.6) is 0 Å². The molecule has 0 unspecified atom stereocenters. The van der Waals surface area contributed by atoms with Crippen LogP contribution < -0.4 is 0 Å². The average Bonchev–Trinajstić information content (AvgIpc) is 2.72. The lowest BCUT2D eigenvalue weighted by atomic mass is 9.92. The number of benzene rings is 3. The maximum absolute atomic E-state index is 13.4. The lowest BCUT2D eigenvalue weighted by Crippen LogP contribution is -2.15. The second-order valence-electron chi connectivity index (χ2n) is 8.23. The van der Waals surface area contributed by atoms with Gasteiger partial charge in [0.2, 0.25) is 0 Å². The minimum atomic E-state index is -4.50. The molecular formula is C26H23F3O4S. The number of Topliss-reactive ketones (excluding diaryl/α,β-unsaturated/α-hetero) is 2. The van der Waals surface area contributed by atoms with E-state index in [1.165, 1.54) is 49.4 Å². The molecule has 0 radical (unpaired) electrons. The van der Waals surface area contributed by atoms with Crippen LogP contribution in [-0.4, -0.2) is 25.7 Å². The Bertz CT molecular complexity index is 1370. The monoisotopic (exact) mass is 488 g/mol. The SMILES string of the molecule is CC(=O)CS(=O)(=O)c1ccc(CC(=O)c2ccc(-c3ccccc3C(F)(F)F)c(C)c2)cc1C. The van der Waals surface area contributed by atoms with E-state index < -0.39 is 33.1 Å². The number of ketones is 2. The number of halogens is 3. The molecule has 0 saturated heterocycles. The minimum absolute atomic E-state index is 0.00813. The maximum Gasteiger partial charge on any atom is 0.417 e. The van der Waals surface area contributed by atoms with Crippen molar-refractivity contribution < 1.29 is 31.2 Å². The Morgan fingerprint density at radius 3 is 2.12 bits per heavy atom. The summed E-state index contributed by atoms with van der Waals surface area (Å²) in [6, 6.07) is 14.4. The van der Waals surface area contributed by atoms with E-state index in [1.54, 1.807) is 26.0 Å². The van der Waals surface area contributed by atoms with Crippen LogP contribution in [0.25, 0.3) is 11.1 Å². The molecule has 3 aromatic rings. The van der Waals surface area contributed by atoms with Gasteiger partial charge >= 0.3 is 6.18 Å². The van der Waals surface area contributed by atoms with Crippen LogP contribution in [0.2, 0.25) is 0 Å². The molecule has 34 heavy (non-hydrogen) atoms. The number of rotatable bonds is 7. The Hall–Kier alpha value is -3.26. The largest absolute Gasteiger partial charge is 0.417 e. The van der Waals surface area contributed by atoms with Crippen molar-refractivity contribution >= 4 is 21.4 Å². The Labute approximate surface area is 196 Å². The minimum Gasteiger partial charge on any atom is -0.299 e. The highest BCUT2D eigenvalue weighted by Gasteiger charge is 2.33. The van der Waals surface area contributed by atoms with Crippen LogP contribution in [0, 0.1) is 13.8 Å². The summed E-state index contributed by atoms with van der Waals surface area (Å²) in [5, 5.41) is 0. The summed E-state index contributed by atoms with van der Waals surface area (Å²) in [6.07, 6.45) is -4.51. The zero-order valence-corrected chi connectivity index (χ0v) is 19.7. The summed E-state index contributed by atoms with van der Waals surface area (Å²) in [6.45, 7) is 4.45. The Kier molecular flexibility index (Phi) is 7.12. The first-order valence-electron chi connectivity index (χ1n) is 10.4. The molecule has 0 aliphatic carbocycles. The van der Waals surface area contributed by atoms with Crippen molar-refractivity contribution in [1.29, 1.82) is 0 Å². The lowest BCUT2D eigenvalue weighted by molar-refractivity contribution is -0.137. The Balaban J connectivity index is 1.86. The molecule has 0 atom stereocenters. The predicted molar refractivity (Wildman–Crippen MR) is 124 cm³/mol. The van der Waals surface area contributed by atoms with Crippen molar-refractivity contribution in [3.05, 3.63) is 88.5 Å². The number of carbonyl (C=O) groups excluding carboxylic acids is 2. The van der Waals surface area contributed by atoms with Crippen molar-refractivity contribution in [3.8, 4) is 11.1 Å². The Morgan fingerprint density at radius 2 is 1.53 bits per heavy atom. The highest BCUT2D eigenvalue weighted by Crippen LogP contribution is 2.38. The van der Waals surface area contributed by atoms with E-state index in [0.717, 1.165) is 6.07 Å². The van der Waals surface area contributed by atoms with Crippen LogP contribution in [0.15, 0.2) is 65.6 Å². The summed E-state index contributed by atoms with van der Waals surface area (Å²) >= 11 is 0. The summed E-state index contributed by atoms with van der Waals surface area (Å²) < 4.78 is 64.9. The fourth-order valence-electron chi connectivity index (χ4n) is 3.91. The van der Waals surface area contributed by atoms with Gasteiger partial charge in [-0.1, -0.05) is 42.5 Å². The summed E-state index contributed by atoms with van der Waals surface area (Å²) in [4.78, 5) is 24.1. The third-order valence-electron chi connectivity index (χ3n) is 5.40. The fourth-order valence-corrected chi connectivity index (χ4v) is 5.42. The van der Waals surface area contributed by atoms with Crippen molar-refractivity contribution in [2.45, 2.75) is 38.3 Å². The molecule has 0 spiro atoms. The van der Waals surface area contributed by atoms with E-state index in [-0.39, 0.29) is 22.7 Å². The molecule has 0 aromatic heterocycles. The van der Waals surface area contributed by atoms with Crippen LogP contribution in [0.3, 0.4) is 0 Å². The van der Waals surface area contributed by atoms with Gasteiger partial charge in [-0.3, -0.25) is 9.59 Å². The van der Waals surface area contributed by atoms with E-state index in [9.17, 15) is 31.2 Å². The topological polar surface area (TPSA) is 68.3 Å². The van der Waals surface area contributed by atoms with Gasteiger partial charge in [-0.15, -0.1) is 0 Å². The van der Waals surface area contributed by atoms with Gasteiger partial charge in [-0.25, -0.2) is 8.42 Å². The number of alkyl halides is 3. The van der Waals surface area contributed by atoms with Gasteiger partial charge in [0.15, 0.2) is 15.6 Å². The zero-order valence-electron chi connectivity index (χ0n) is 18.9. The van der Waals surface area contributed by atoms with E-state index in [4.69, 9.17) is 0 Å². The highest BCUT2D eigenvalue weighted by atomic mass is 32.2. The Morgan fingerprint density at radius 1 is 0.853 bits per heavy atom. The van der Waals surface area contributed by atoms with E-state index in [1.807, 2.05) is 0 Å². The molecule has 0 N–H and O–H groups in total. The average molecular weight is 489 g/mol. The molecule has 0 bridgehead atoms. The number of hydrogen-bond donors (Lipinski definition) is 0. The molecule has 0 amide bonds. The van der Waals surface area contributed by atoms with Crippen molar-refractivity contribution in [3.63, 3.8) is 0 Å². The molecule has 0 fully saturated rings. The molecular weight excluding hydrogens is 465 g/mol. The van der Waals surface area contributed by atoms with Crippen molar-refractivity contribution in [1.82, 2.24) is 0 Å². The third-order valence-corrected chi connectivity index (χ3v) is 7.32. The number of aryl methyl sites for hydroxylation is 2. The zero-order chi connectivity index (χ0) is 25.3. The van der Waals surface area contributed by atoms with E-state index in [0.29, 0.717) is 27.8 Å². The van der Waals surface area contributed by atoms with Crippen molar-refractivity contribution in [2.24, 2.45) is 0 Å². The van der Waals surface area contributed by atoms with Crippen LogP contribution in [0.4, 0.5) is 13.2 Å². The van der Waals surface area contributed by atoms with Crippen LogP contribution in [0.1, 0.15) is 39.5 Å². The molecule has 3 rings (SSSR count). The standard InChI is InChI=1S/C26H23F3O4S/c1-16-13-20(9-10-21(16)22-6-4-5-7-23(22)26(27,28)29)24(31)14-19-8-11-25(17(2)12-19)34(32,33)15-18(3)30/h4-13H,14-15H2,1-3H3. The first-order valence-corrected chi connectivity index (χ1v) is 12.1. The predicted octanol–water partition coefficient (Wildman–Crippen LogP) is 5.78. The highest BCUT2D eigenvalue weighted by molar-refractivity contribution is 7.92. The van der Waals surface area contributed by atoms with Crippen LogP contribution >= 0.6 is 0 Å². The summed E-state index contributed by atoms with van der Waals surface area (Å²) in [5.74, 6) is -1.30. The molecule has 8 heteroatoms. The first-order chi connectivity index (χ1) is 15.8. The first kappa shape index (κ1) is 25.4. The van der Waals surface area contributed by atoms with Crippen LogP contribution in [-0.2, 0) is 27.2 Å². The molecule has 3 aromatic carbocycles. The lowest BCUT2D eigenvalue weighted by Gasteiger charge is -2.15. The molecule has 0 heterocycles. The van der Waals surface area contributed by atoms with Gasteiger partial charge in [0, 0.05) is 12.0 Å². The van der Waals surface area contributed by atoms with E-state index in [2.05, 4.69) is 0 Å². The summed E-state index contributed by atoms with van der Waals surface area (Å²) in [5.41, 5.74) is 1.59. The molecule has 4 nitrogen and oxygen atoms in total. The van der Waals surface area contributed by atoms with Gasteiger partial charge in [-0.2, -0.15) is 13.2 Å². The van der Waals surface area contributed by atoms with Gasteiger partial charge in [-0.05, 0) is 66.8 Å².